The van der Waals surface area contributed by atoms with Crippen molar-refractivity contribution in [2.24, 2.45) is 0 Å². The highest BCUT2D eigenvalue weighted by Crippen LogP contribution is 2.36. The summed E-state index contributed by atoms with van der Waals surface area (Å²) >= 11 is 0. The van der Waals surface area contributed by atoms with E-state index in [1.165, 1.54) is 0 Å². The third kappa shape index (κ3) is 3.40. The highest BCUT2D eigenvalue weighted by atomic mass is 16.6. The molecule has 1 fully saturated rings. The summed E-state index contributed by atoms with van der Waals surface area (Å²) in [7, 11) is 0. The highest BCUT2D eigenvalue weighted by molar-refractivity contribution is 5.73. The molecule has 5 nitrogen and oxygen atoms in total. The van der Waals surface area contributed by atoms with Gasteiger partial charge in [-0.3, -0.25) is 4.90 Å². The molecule has 2 bridgehead atoms. The van der Waals surface area contributed by atoms with Crippen molar-refractivity contribution in [1.29, 1.82) is 0 Å². The Bertz CT molecular complexity index is 761. The Morgan fingerprint density at radius 1 is 1.12 bits per heavy atom. The molecule has 1 aromatic heterocycles. The molecule has 5 heteroatoms. The number of benzene rings is 1. The first-order chi connectivity index (χ1) is 12.3. The van der Waals surface area contributed by atoms with Crippen LogP contribution >= 0.6 is 0 Å². The summed E-state index contributed by atoms with van der Waals surface area (Å²) in [6.45, 7) is 0.313. The van der Waals surface area contributed by atoms with Crippen LogP contribution in [0.1, 0.15) is 37.1 Å². The average Bonchev–Trinajstić information content (AvgIpc) is 2.66. The van der Waals surface area contributed by atoms with Crippen LogP contribution in [-0.4, -0.2) is 33.0 Å². The number of amides is 1. The molecule has 2 unspecified atom stereocenters. The molecule has 1 saturated heterocycles. The van der Waals surface area contributed by atoms with Gasteiger partial charge in [0.2, 0.25) is 0 Å². The van der Waals surface area contributed by atoms with Crippen molar-refractivity contribution in [2.45, 2.75) is 44.4 Å². The molecule has 128 valence electrons. The summed E-state index contributed by atoms with van der Waals surface area (Å²) in [4.78, 5) is 23.3. The maximum atomic E-state index is 12.7. The van der Waals surface area contributed by atoms with Gasteiger partial charge in [-0.1, -0.05) is 36.4 Å². The SMILES string of the molecule is O=C(OCc1ccccc1)N1C2C=C(c3ncccn3)CC1CCC2. The van der Waals surface area contributed by atoms with Crippen molar-refractivity contribution >= 4 is 11.7 Å². The number of hydrogen-bond donors (Lipinski definition) is 0. The van der Waals surface area contributed by atoms with Crippen LogP contribution in [0.4, 0.5) is 4.79 Å². The predicted molar refractivity (Wildman–Crippen MR) is 94.5 cm³/mol. The standard InChI is InChI=1S/C20H21N3O2/c24-20(25-14-15-6-2-1-3-7-15)23-17-8-4-9-18(23)13-16(12-17)19-21-10-5-11-22-19/h1-3,5-7,10-12,17-18H,4,8-9,13-14H2. The van der Waals surface area contributed by atoms with Crippen LogP contribution in [0.25, 0.3) is 5.57 Å². The minimum Gasteiger partial charge on any atom is -0.445 e. The molecule has 4 rings (SSSR count). The second-order valence-corrected chi connectivity index (χ2v) is 6.57. The number of hydrogen-bond acceptors (Lipinski definition) is 4. The zero-order valence-corrected chi connectivity index (χ0v) is 14.0. The summed E-state index contributed by atoms with van der Waals surface area (Å²) in [5.74, 6) is 0.775. The molecule has 1 amide bonds. The smallest absolute Gasteiger partial charge is 0.410 e. The van der Waals surface area contributed by atoms with Crippen molar-refractivity contribution in [3.8, 4) is 0 Å². The number of fused-ring (bicyclic) bond motifs is 2. The molecule has 25 heavy (non-hydrogen) atoms. The average molecular weight is 335 g/mol. The van der Waals surface area contributed by atoms with E-state index in [1.54, 1.807) is 12.4 Å². The fraction of sp³-hybridized carbons (Fsp3) is 0.350. The van der Waals surface area contributed by atoms with Crippen molar-refractivity contribution in [3.05, 3.63) is 66.3 Å². The molecule has 2 atom stereocenters. The number of nitrogens with zero attached hydrogens (tertiary/aromatic N) is 3. The fourth-order valence-electron chi connectivity index (χ4n) is 3.74. The molecule has 2 aromatic rings. The molecule has 0 saturated carbocycles. The van der Waals surface area contributed by atoms with Crippen molar-refractivity contribution in [3.63, 3.8) is 0 Å². The van der Waals surface area contributed by atoms with E-state index in [1.807, 2.05) is 41.3 Å². The number of carbonyl (C=O) groups is 1. The van der Waals surface area contributed by atoms with Gasteiger partial charge in [-0.15, -0.1) is 0 Å². The van der Waals surface area contributed by atoms with Gasteiger partial charge in [0.25, 0.3) is 0 Å². The lowest BCUT2D eigenvalue weighted by Crippen LogP contribution is -2.51. The van der Waals surface area contributed by atoms with E-state index in [0.29, 0.717) is 6.61 Å². The number of aromatic nitrogens is 2. The third-order valence-corrected chi connectivity index (χ3v) is 4.91. The van der Waals surface area contributed by atoms with Crippen LogP contribution in [0.2, 0.25) is 0 Å². The Kier molecular flexibility index (Phi) is 4.46. The molecule has 0 aliphatic carbocycles. The van der Waals surface area contributed by atoms with Gasteiger partial charge in [-0.05, 0) is 42.9 Å². The minimum atomic E-state index is -0.220. The van der Waals surface area contributed by atoms with Crippen LogP contribution in [0.15, 0.2) is 54.9 Å². The largest absolute Gasteiger partial charge is 0.445 e. The molecular weight excluding hydrogens is 314 g/mol. The summed E-state index contributed by atoms with van der Waals surface area (Å²) in [6.07, 6.45) is 9.35. The van der Waals surface area contributed by atoms with Gasteiger partial charge >= 0.3 is 6.09 Å². The molecule has 1 aromatic carbocycles. The Balaban J connectivity index is 1.49. The van der Waals surface area contributed by atoms with Crippen LogP contribution in [0.5, 0.6) is 0 Å². The Morgan fingerprint density at radius 3 is 2.68 bits per heavy atom. The first kappa shape index (κ1) is 15.8. The van der Waals surface area contributed by atoms with Gasteiger partial charge in [-0.2, -0.15) is 0 Å². The van der Waals surface area contributed by atoms with E-state index < -0.39 is 0 Å². The van der Waals surface area contributed by atoms with E-state index in [2.05, 4.69) is 16.0 Å². The molecule has 0 spiro atoms. The summed E-state index contributed by atoms with van der Waals surface area (Å²) in [5, 5.41) is 0. The summed E-state index contributed by atoms with van der Waals surface area (Å²) in [5.41, 5.74) is 2.15. The molecular formula is C20H21N3O2. The van der Waals surface area contributed by atoms with E-state index >= 15 is 0 Å². The molecule has 0 N–H and O–H groups in total. The number of ether oxygens (including phenoxy) is 1. The minimum absolute atomic E-state index is 0.0783. The maximum absolute atomic E-state index is 12.7. The first-order valence-electron chi connectivity index (χ1n) is 8.78. The lowest BCUT2D eigenvalue weighted by molar-refractivity contribution is 0.0509. The van der Waals surface area contributed by atoms with Crippen molar-refractivity contribution < 1.29 is 9.53 Å². The normalized spacial score (nSPS) is 22.2. The van der Waals surface area contributed by atoms with Crippen LogP contribution in [0.3, 0.4) is 0 Å². The lowest BCUT2D eigenvalue weighted by atomic mass is 9.85. The van der Waals surface area contributed by atoms with Gasteiger partial charge < -0.3 is 4.74 Å². The van der Waals surface area contributed by atoms with Crippen LogP contribution < -0.4 is 0 Å². The summed E-state index contributed by atoms with van der Waals surface area (Å²) < 4.78 is 5.57. The maximum Gasteiger partial charge on any atom is 0.410 e. The molecule has 3 heterocycles. The molecule has 0 radical (unpaired) electrons. The third-order valence-electron chi connectivity index (χ3n) is 4.91. The quantitative estimate of drug-likeness (QED) is 0.855. The second kappa shape index (κ2) is 7.05. The Labute approximate surface area is 147 Å². The van der Waals surface area contributed by atoms with Gasteiger partial charge in [0.05, 0.1) is 6.04 Å². The number of carbonyl (C=O) groups excluding carboxylic acids is 1. The lowest BCUT2D eigenvalue weighted by Gasteiger charge is -2.43. The molecule has 2 aliphatic rings. The van der Waals surface area contributed by atoms with E-state index in [4.69, 9.17) is 4.74 Å². The van der Waals surface area contributed by atoms with Gasteiger partial charge in [-0.25, -0.2) is 14.8 Å². The fourth-order valence-corrected chi connectivity index (χ4v) is 3.74. The van der Waals surface area contributed by atoms with Crippen molar-refractivity contribution in [2.75, 3.05) is 0 Å². The monoisotopic (exact) mass is 335 g/mol. The van der Waals surface area contributed by atoms with Gasteiger partial charge in [0.1, 0.15) is 6.61 Å². The second-order valence-electron chi connectivity index (χ2n) is 6.57. The topological polar surface area (TPSA) is 55.3 Å². The van der Waals surface area contributed by atoms with Crippen molar-refractivity contribution in [1.82, 2.24) is 14.9 Å². The number of rotatable bonds is 3. The molecule has 2 aliphatic heterocycles. The van der Waals surface area contributed by atoms with Crippen LogP contribution in [0, 0.1) is 0 Å². The number of piperidine rings is 1. The van der Waals surface area contributed by atoms with Gasteiger partial charge in [0.15, 0.2) is 5.82 Å². The zero-order valence-electron chi connectivity index (χ0n) is 14.0. The van der Waals surface area contributed by atoms with Crippen LogP contribution in [-0.2, 0) is 11.3 Å². The predicted octanol–water partition coefficient (Wildman–Crippen LogP) is 3.82. The highest BCUT2D eigenvalue weighted by Gasteiger charge is 2.38. The Morgan fingerprint density at radius 2 is 1.92 bits per heavy atom. The van der Waals surface area contributed by atoms with E-state index in [9.17, 15) is 4.79 Å². The van der Waals surface area contributed by atoms with E-state index in [0.717, 1.165) is 42.6 Å². The first-order valence-corrected chi connectivity index (χ1v) is 8.78. The zero-order chi connectivity index (χ0) is 17.1. The van der Waals surface area contributed by atoms with Gasteiger partial charge in [0, 0.05) is 18.4 Å². The van der Waals surface area contributed by atoms with E-state index in [-0.39, 0.29) is 18.2 Å². The Hall–Kier alpha value is -2.69. The summed E-state index contributed by atoms with van der Waals surface area (Å²) in [6, 6.07) is 11.9.